The second-order valence-electron chi connectivity index (χ2n) is 2.65. The Labute approximate surface area is 76.5 Å². The third kappa shape index (κ3) is 2.55. The van der Waals surface area contributed by atoms with Crippen molar-refractivity contribution in [3.05, 3.63) is 16.1 Å². The zero-order chi connectivity index (χ0) is 8.97. The SMILES string of the molecule is CCNCC(O)c1nc(C)cs1. The van der Waals surface area contributed by atoms with Gasteiger partial charge in [-0.05, 0) is 13.5 Å². The number of aliphatic hydroxyl groups excluding tert-OH is 1. The Hall–Kier alpha value is -0.450. The summed E-state index contributed by atoms with van der Waals surface area (Å²) in [6.07, 6.45) is -0.455. The largest absolute Gasteiger partial charge is 0.385 e. The fourth-order valence-electron chi connectivity index (χ4n) is 0.894. The van der Waals surface area contributed by atoms with Crippen molar-refractivity contribution >= 4 is 11.3 Å². The van der Waals surface area contributed by atoms with E-state index >= 15 is 0 Å². The lowest BCUT2D eigenvalue weighted by Crippen LogP contribution is -2.20. The first-order chi connectivity index (χ1) is 5.74. The predicted octanol–water partition coefficient (Wildman–Crippen LogP) is 1.09. The third-order valence-corrected chi connectivity index (χ3v) is 2.57. The summed E-state index contributed by atoms with van der Waals surface area (Å²) in [4.78, 5) is 4.19. The van der Waals surface area contributed by atoms with Crippen molar-refractivity contribution in [2.45, 2.75) is 20.0 Å². The number of likely N-dealkylation sites (N-methyl/N-ethyl adjacent to an activating group) is 1. The molecule has 0 aromatic carbocycles. The Morgan fingerprint density at radius 3 is 3.00 bits per heavy atom. The Balaban J connectivity index is 2.47. The summed E-state index contributed by atoms with van der Waals surface area (Å²) >= 11 is 1.51. The van der Waals surface area contributed by atoms with Gasteiger partial charge in [-0.2, -0.15) is 0 Å². The molecule has 4 heteroatoms. The molecule has 1 aromatic rings. The van der Waals surface area contributed by atoms with Gasteiger partial charge in [0.15, 0.2) is 0 Å². The number of nitrogens with one attached hydrogen (secondary N) is 1. The van der Waals surface area contributed by atoms with Crippen molar-refractivity contribution < 1.29 is 5.11 Å². The van der Waals surface area contributed by atoms with Crippen LogP contribution in [-0.4, -0.2) is 23.2 Å². The van der Waals surface area contributed by atoms with E-state index < -0.39 is 6.10 Å². The minimum atomic E-state index is -0.455. The maximum atomic E-state index is 9.55. The maximum absolute atomic E-state index is 9.55. The van der Waals surface area contributed by atoms with Gasteiger partial charge in [-0.15, -0.1) is 11.3 Å². The van der Waals surface area contributed by atoms with Gasteiger partial charge in [0.1, 0.15) is 11.1 Å². The summed E-state index contributed by atoms with van der Waals surface area (Å²) in [5.74, 6) is 0. The molecule has 0 amide bonds. The maximum Gasteiger partial charge on any atom is 0.123 e. The minimum absolute atomic E-state index is 0.455. The molecule has 0 aliphatic rings. The van der Waals surface area contributed by atoms with E-state index in [2.05, 4.69) is 10.3 Å². The molecular weight excluding hydrogens is 172 g/mol. The van der Waals surface area contributed by atoms with Crippen LogP contribution in [-0.2, 0) is 0 Å². The van der Waals surface area contributed by atoms with E-state index in [9.17, 15) is 5.11 Å². The Morgan fingerprint density at radius 2 is 2.50 bits per heavy atom. The number of hydrogen-bond donors (Lipinski definition) is 2. The molecule has 1 unspecified atom stereocenters. The van der Waals surface area contributed by atoms with Gasteiger partial charge in [-0.25, -0.2) is 4.98 Å². The van der Waals surface area contributed by atoms with E-state index in [1.54, 1.807) is 0 Å². The molecule has 0 fully saturated rings. The van der Waals surface area contributed by atoms with Crippen molar-refractivity contribution in [1.82, 2.24) is 10.3 Å². The number of hydrogen-bond acceptors (Lipinski definition) is 4. The van der Waals surface area contributed by atoms with Crippen LogP contribution in [0, 0.1) is 6.92 Å². The van der Waals surface area contributed by atoms with Gasteiger partial charge in [0, 0.05) is 17.6 Å². The zero-order valence-corrected chi connectivity index (χ0v) is 8.19. The summed E-state index contributed by atoms with van der Waals surface area (Å²) in [6.45, 7) is 5.41. The van der Waals surface area contributed by atoms with Gasteiger partial charge >= 0.3 is 0 Å². The molecule has 0 aliphatic carbocycles. The molecule has 0 saturated carbocycles. The van der Waals surface area contributed by atoms with Crippen LogP contribution in [0.15, 0.2) is 5.38 Å². The predicted molar refractivity (Wildman–Crippen MR) is 50.4 cm³/mol. The van der Waals surface area contributed by atoms with Gasteiger partial charge in [0.2, 0.25) is 0 Å². The molecular formula is C8H14N2OS. The molecule has 0 aliphatic heterocycles. The standard InChI is InChI=1S/C8H14N2OS/c1-3-9-4-7(11)8-10-6(2)5-12-8/h5,7,9,11H,3-4H2,1-2H3. The number of thiazole rings is 1. The molecule has 1 rings (SSSR count). The third-order valence-electron chi connectivity index (χ3n) is 1.51. The average Bonchev–Trinajstić information content (AvgIpc) is 2.47. The summed E-state index contributed by atoms with van der Waals surface area (Å²) < 4.78 is 0. The lowest BCUT2D eigenvalue weighted by Gasteiger charge is -2.06. The van der Waals surface area contributed by atoms with Crippen LogP contribution in [0.3, 0.4) is 0 Å². The Bertz CT molecular complexity index is 237. The highest BCUT2D eigenvalue weighted by atomic mass is 32.1. The van der Waals surface area contributed by atoms with E-state index in [4.69, 9.17) is 0 Å². The van der Waals surface area contributed by atoms with Crippen molar-refractivity contribution in [2.24, 2.45) is 0 Å². The van der Waals surface area contributed by atoms with Gasteiger partial charge in [-0.3, -0.25) is 0 Å². The number of aliphatic hydroxyl groups is 1. The monoisotopic (exact) mass is 186 g/mol. The first-order valence-corrected chi connectivity index (χ1v) is 4.92. The normalized spacial score (nSPS) is 13.2. The van der Waals surface area contributed by atoms with Crippen molar-refractivity contribution in [2.75, 3.05) is 13.1 Å². The minimum Gasteiger partial charge on any atom is -0.385 e. The van der Waals surface area contributed by atoms with Crippen molar-refractivity contribution in [3.63, 3.8) is 0 Å². The highest BCUT2D eigenvalue weighted by Crippen LogP contribution is 2.16. The number of aromatic nitrogens is 1. The second kappa shape index (κ2) is 4.54. The molecule has 1 atom stereocenters. The molecule has 0 radical (unpaired) electrons. The van der Waals surface area contributed by atoms with Crippen LogP contribution in [0.2, 0.25) is 0 Å². The van der Waals surface area contributed by atoms with Crippen molar-refractivity contribution in [3.8, 4) is 0 Å². The summed E-state index contributed by atoms with van der Waals surface area (Å²) in [5, 5.41) is 15.4. The topological polar surface area (TPSA) is 45.1 Å². The Morgan fingerprint density at radius 1 is 1.75 bits per heavy atom. The van der Waals surface area contributed by atoms with Crippen LogP contribution in [0.1, 0.15) is 23.7 Å². The molecule has 3 nitrogen and oxygen atoms in total. The molecule has 12 heavy (non-hydrogen) atoms. The summed E-state index contributed by atoms with van der Waals surface area (Å²) in [7, 11) is 0. The number of rotatable bonds is 4. The summed E-state index contributed by atoms with van der Waals surface area (Å²) in [5.41, 5.74) is 0.977. The Kier molecular flexibility index (Phi) is 3.65. The fourth-order valence-corrected chi connectivity index (χ4v) is 1.67. The molecule has 68 valence electrons. The van der Waals surface area contributed by atoms with Crippen LogP contribution in [0.4, 0.5) is 0 Å². The second-order valence-corrected chi connectivity index (χ2v) is 3.54. The van der Waals surface area contributed by atoms with Crippen LogP contribution in [0.5, 0.6) is 0 Å². The van der Waals surface area contributed by atoms with Gasteiger partial charge < -0.3 is 10.4 Å². The van der Waals surface area contributed by atoms with Gasteiger partial charge in [0.05, 0.1) is 0 Å². The first kappa shape index (κ1) is 9.64. The summed E-state index contributed by atoms with van der Waals surface area (Å²) in [6, 6.07) is 0. The molecule has 0 spiro atoms. The molecule has 1 aromatic heterocycles. The van der Waals surface area contributed by atoms with Crippen LogP contribution >= 0.6 is 11.3 Å². The van der Waals surface area contributed by atoms with E-state index in [0.717, 1.165) is 17.2 Å². The quantitative estimate of drug-likeness (QED) is 0.740. The van der Waals surface area contributed by atoms with E-state index in [1.165, 1.54) is 11.3 Å². The zero-order valence-electron chi connectivity index (χ0n) is 7.37. The highest BCUT2D eigenvalue weighted by Gasteiger charge is 2.09. The average molecular weight is 186 g/mol. The smallest absolute Gasteiger partial charge is 0.123 e. The lowest BCUT2D eigenvalue weighted by atomic mass is 10.3. The lowest BCUT2D eigenvalue weighted by molar-refractivity contribution is 0.175. The van der Waals surface area contributed by atoms with Crippen LogP contribution < -0.4 is 5.32 Å². The molecule has 0 saturated heterocycles. The molecule has 0 bridgehead atoms. The van der Waals surface area contributed by atoms with Crippen molar-refractivity contribution in [1.29, 1.82) is 0 Å². The van der Waals surface area contributed by atoms with E-state index in [1.807, 2.05) is 19.2 Å². The van der Waals surface area contributed by atoms with E-state index in [-0.39, 0.29) is 0 Å². The van der Waals surface area contributed by atoms with Gasteiger partial charge in [-0.1, -0.05) is 6.92 Å². The first-order valence-electron chi connectivity index (χ1n) is 4.05. The number of nitrogens with zero attached hydrogens (tertiary/aromatic N) is 1. The number of aryl methyl sites for hydroxylation is 1. The van der Waals surface area contributed by atoms with Gasteiger partial charge in [0.25, 0.3) is 0 Å². The van der Waals surface area contributed by atoms with E-state index in [0.29, 0.717) is 6.54 Å². The fraction of sp³-hybridized carbons (Fsp3) is 0.625. The highest BCUT2D eigenvalue weighted by molar-refractivity contribution is 7.09. The molecule has 2 N–H and O–H groups in total. The molecule has 1 heterocycles. The van der Waals surface area contributed by atoms with Crippen LogP contribution in [0.25, 0.3) is 0 Å².